The number of hydrogen-bond donors (Lipinski definition) is 0. The Labute approximate surface area is 97.3 Å². The minimum absolute atomic E-state index is 0.303. The first kappa shape index (κ1) is 10.5. The van der Waals surface area contributed by atoms with E-state index in [0.717, 1.165) is 0 Å². The van der Waals surface area contributed by atoms with Crippen molar-refractivity contribution in [2.24, 2.45) is 0 Å². The molecule has 0 saturated carbocycles. The summed E-state index contributed by atoms with van der Waals surface area (Å²) in [7, 11) is 0. The lowest BCUT2D eigenvalue weighted by Crippen LogP contribution is -1.85. The molecule has 75 valence electrons. The predicted molar refractivity (Wildman–Crippen MR) is 60.7 cm³/mol. The normalized spacial score (nSPS) is 10.3. The van der Waals surface area contributed by atoms with Gasteiger partial charge in [0.05, 0.1) is 10.0 Å². The highest BCUT2D eigenvalue weighted by molar-refractivity contribution is 6.43. The summed E-state index contributed by atoms with van der Waals surface area (Å²) >= 11 is 11.8. The molecule has 0 aromatic heterocycles. The zero-order chi connectivity index (χ0) is 10.8. The molecule has 0 unspecified atom stereocenters. The first-order valence-corrected chi connectivity index (χ1v) is 5.06. The van der Waals surface area contributed by atoms with Gasteiger partial charge in [0.2, 0.25) is 0 Å². The Hall–Kier alpha value is -1.05. The van der Waals surface area contributed by atoms with Crippen LogP contribution in [-0.4, -0.2) is 0 Å². The van der Waals surface area contributed by atoms with Crippen molar-refractivity contribution in [2.75, 3.05) is 0 Å². The van der Waals surface area contributed by atoms with Crippen LogP contribution in [0.4, 0.5) is 4.39 Å². The summed E-state index contributed by atoms with van der Waals surface area (Å²) < 4.78 is 13.5. The van der Waals surface area contributed by atoms with Gasteiger partial charge in [-0.15, -0.1) is 0 Å². The number of halogens is 3. The van der Waals surface area contributed by atoms with Crippen molar-refractivity contribution in [3.05, 3.63) is 58.3 Å². The van der Waals surface area contributed by atoms with Crippen LogP contribution in [0.25, 0.3) is 11.1 Å². The first-order chi connectivity index (χ1) is 7.20. The quantitative estimate of drug-likeness (QED) is 0.683. The fourth-order valence-corrected chi connectivity index (χ4v) is 1.72. The molecule has 0 bridgehead atoms. The lowest BCUT2D eigenvalue weighted by atomic mass is 10.1. The van der Waals surface area contributed by atoms with Crippen LogP contribution in [0.1, 0.15) is 0 Å². The molecule has 0 aliphatic rings. The first-order valence-electron chi connectivity index (χ1n) is 4.30. The van der Waals surface area contributed by atoms with Gasteiger partial charge in [-0.3, -0.25) is 0 Å². The van der Waals surface area contributed by atoms with Crippen molar-refractivity contribution in [1.29, 1.82) is 0 Å². The fraction of sp³-hybridized carbons (Fsp3) is 0. The van der Waals surface area contributed by atoms with E-state index in [-0.39, 0.29) is 5.82 Å². The van der Waals surface area contributed by atoms with Crippen LogP contribution < -0.4 is 0 Å². The Morgan fingerprint density at radius 2 is 1.73 bits per heavy atom. The highest BCUT2D eigenvalue weighted by Crippen LogP contribution is 2.34. The van der Waals surface area contributed by atoms with E-state index < -0.39 is 0 Å². The lowest BCUT2D eigenvalue weighted by molar-refractivity contribution is 0.631. The molecule has 0 spiro atoms. The maximum absolute atomic E-state index is 13.5. The van der Waals surface area contributed by atoms with Crippen molar-refractivity contribution in [1.82, 2.24) is 0 Å². The lowest BCUT2D eigenvalue weighted by Gasteiger charge is -2.06. The third-order valence-corrected chi connectivity index (χ3v) is 2.84. The molecule has 0 heterocycles. The predicted octanol–water partition coefficient (Wildman–Crippen LogP) is 4.60. The third kappa shape index (κ3) is 1.99. The monoisotopic (exact) mass is 239 g/mol. The van der Waals surface area contributed by atoms with Crippen LogP contribution >= 0.6 is 23.2 Å². The molecule has 15 heavy (non-hydrogen) atoms. The van der Waals surface area contributed by atoms with Gasteiger partial charge >= 0.3 is 0 Å². The van der Waals surface area contributed by atoms with E-state index in [0.29, 0.717) is 21.2 Å². The van der Waals surface area contributed by atoms with Crippen LogP contribution in [0.5, 0.6) is 0 Å². The molecule has 0 atom stereocenters. The Morgan fingerprint density at radius 1 is 1.00 bits per heavy atom. The molecule has 2 aromatic rings. The maximum atomic E-state index is 13.5. The summed E-state index contributed by atoms with van der Waals surface area (Å²) in [4.78, 5) is 0. The minimum atomic E-state index is -0.318. The third-order valence-electron chi connectivity index (χ3n) is 2.05. The van der Waals surface area contributed by atoms with Gasteiger partial charge in [0.15, 0.2) is 0 Å². The summed E-state index contributed by atoms with van der Waals surface area (Å²) in [6.07, 6.45) is 0. The van der Waals surface area contributed by atoms with E-state index in [9.17, 15) is 4.39 Å². The van der Waals surface area contributed by atoms with Gasteiger partial charge in [-0.05, 0) is 6.07 Å². The van der Waals surface area contributed by atoms with E-state index in [4.69, 9.17) is 23.2 Å². The molecule has 2 aromatic carbocycles. The number of benzene rings is 2. The van der Waals surface area contributed by atoms with Crippen molar-refractivity contribution in [2.45, 2.75) is 0 Å². The second-order valence-corrected chi connectivity index (χ2v) is 3.76. The van der Waals surface area contributed by atoms with E-state index in [1.54, 1.807) is 30.3 Å². The molecule has 0 amide bonds. The van der Waals surface area contributed by atoms with Crippen molar-refractivity contribution >= 4 is 23.2 Å². The van der Waals surface area contributed by atoms with Gasteiger partial charge in [0, 0.05) is 17.2 Å². The van der Waals surface area contributed by atoms with Crippen LogP contribution in [0.15, 0.2) is 36.4 Å². The summed E-state index contributed by atoms with van der Waals surface area (Å²) in [5.74, 6) is -0.318. The maximum Gasteiger partial charge on any atom is 0.131 e. The van der Waals surface area contributed by atoms with Crippen LogP contribution in [0, 0.1) is 11.9 Å². The SMILES string of the molecule is Fc1ccccc1-c1cc[c]c(Cl)c1Cl. The van der Waals surface area contributed by atoms with Crippen molar-refractivity contribution < 1.29 is 4.39 Å². The Morgan fingerprint density at radius 3 is 2.47 bits per heavy atom. The van der Waals surface area contributed by atoms with Gasteiger partial charge < -0.3 is 0 Å². The average Bonchev–Trinajstić information content (AvgIpc) is 2.23. The topological polar surface area (TPSA) is 0 Å². The Balaban J connectivity index is 2.65. The Kier molecular flexibility index (Phi) is 2.94. The van der Waals surface area contributed by atoms with Crippen LogP contribution in [0.2, 0.25) is 10.0 Å². The fourth-order valence-electron chi connectivity index (χ4n) is 1.34. The van der Waals surface area contributed by atoms with Gasteiger partial charge in [-0.1, -0.05) is 53.5 Å². The van der Waals surface area contributed by atoms with E-state index in [2.05, 4.69) is 6.07 Å². The van der Waals surface area contributed by atoms with Gasteiger partial charge in [0.1, 0.15) is 5.82 Å². The summed E-state index contributed by atoms with van der Waals surface area (Å²) in [5.41, 5.74) is 1.02. The molecule has 0 fully saturated rings. The molecule has 0 saturated heterocycles. The summed E-state index contributed by atoms with van der Waals surface area (Å²) in [5, 5.41) is 0.627. The van der Waals surface area contributed by atoms with Crippen LogP contribution in [-0.2, 0) is 0 Å². The second-order valence-electron chi connectivity index (χ2n) is 3.00. The largest absolute Gasteiger partial charge is 0.206 e. The molecule has 0 aliphatic heterocycles. The summed E-state index contributed by atoms with van der Waals surface area (Å²) in [6, 6.07) is 12.5. The zero-order valence-corrected chi connectivity index (χ0v) is 9.11. The molecule has 0 aliphatic carbocycles. The molecule has 1 radical (unpaired) electrons. The second kappa shape index (κ2) is 4.21. The van der Waals surface area contributed by atoms with Crippen molar-refractivity contribution in [3.8, 4) is 11.1 Å². The van der Waals surface area contributed by atoms with Gasteiger partial charge in [-0.2, -0.15) is 0 Å². The molecule has 0 nitrogen and oxygen atoms in total. The van der Waals surface area contributed by atoms with E-state index >= 15 is 0 Å². The van der Waals surface area contributed by atoms with E-state index in [1.165, 1.54) is 6.07 Å². The number of rotatable bonds is 1. The van der Waals surface area contributed by atoms with Gasteiger partial charge in [-0.25, -0.2) is 4.39 Å². The number of hydrogen-bond acceptors (Lipinski definition) is 0. The minimum Gasteiger partial charge on any atom is -0.206 e. The molecule has 3 heteroatoms. The highest BCUT2D eigenvalue weighted by Gasteiger charge is 2.09. The molecular weight excluding hydrogens is 234 g/mol. The molecular formula is C12H6Cl2F. The zero-order valence-electron chi connectivity index (χ0n) is 7.60. The van der Waals surface area contributed by atoms with Crippen LogP contribution in [0.3, 0.4) is 0 Å². The van der Waals surface area contributed by atoms with Crippen molar-refractivity contribution in [3.63, 3.8) is 0 Å². The van der Waals surface area contributed by atoms with E-state index in [1.807, 2.05) is 0 Å². The average molecular weight is 240 g/mol. The molecule has 2 rings (SSSR count). The smallest absolute Gasteiger partial charge is 0.131 e. The standard InChI is InChI=1S/C12H6Cl2F/c13-10-6-3-5-9(12(10)14)8-4-1-2-7-11(8)15/h1-5,7H. The Bertz CT molecular complexity index is 495. The van der Waals surface area contributed by atoms with Gasteiger partial charge in [0.25, 0.3) is 0 Å². The molecule has 0 N–H and O–H groups in total. The summed E-state index contributed by atoms with van der Waals surface area (Å²) in [6.45, 7) is 0. The highest BCUT2D eigenvalue weighted by atomic mass is 35.5.